The van der Waals surface area contributed by atoms with Gasteiger partial charge in [-0.1, -0.05) is 17.7 Å². The summed E-state index contributed by atoms with van der Waals surface area (Å²) in [5.41, 5.74) is 1.88. The lowest BCUT2D eigenvalue weighted by molar-refractivity contribution is 0.605. The van der Waals surface area contributed by atoms with E-state index in [9.17, 15) is 8.42 Å². The van der Waals surface area contributed by atoms with Gasteiger partial charge >= 0.3 is 0 Å². The molecule has 0 fully saturated rings. The van der Waals surface area contributed by atoms with E-state index < -0.39 is 9.84 Å². The van der Waals surface area contributed by atoms with Gasteiger partial charge in [0.05, 0.1) is 15.5 Å². The van der Waals surface area contributed by atoms with Crippen molar-refractivity contribution in [2.75, 3.05) is 0 Å². The molecule has 4 rings (SSSR count). The largest absolute Gasteiger partial charge is 0.316 e. The van der Waals surface area contributed by atoms with Crippen LogP contribution in [0.1, 0.15) is 11.3 Å². The van der Waals surface area contributed by atoms with E-state index in [1.165, 1.54) is 0 Å². The van der Waals surface area contributed by atoms with Crippen molar-refractivity contribution in [3.05, 3.63) is 77.3 Å². The fourth-order valence-electron chi connectivity index (χ4n) is 2.71. The van der Waals surface area contributed by atoms with Crippen LogP contribution >= 0.6 is 11.6 Å². The molecule has 114 valence electrons. The van der Waals surface area contributed by atoms with Crippen molar-refractivity contribution in [3.63, 3.8) is 0 Å². The first-order chi connectivity index (χ1) is 11.1. The van der Waals surface area contributed by atoms with Crippen molar-refractivity contribution in [3.8, 4) is 5.69 Å². The van der Waals surface area contributed by atoms with E-state index in [2.05, 4.69) is 4.98 Å². The van der Waals surface area contributed by atoms with Crippen molar-refractivity contribution in [2.45, 2.75) is 4.90 Å². The molecule has 0 atom stereocenters. The third-order valence-electron chi connectivity index (χ3n) is 3.76. The fourth-order valence-corrected chi connectivity index (χ4v) is 4.50. The van der Waals surface area contributed by atoms with Crippen molar-refractivity contribution in [2.24, 2.45) is 0 Å². The van der Waals surface area contributed by atoms with Crippen LogP contribution in [0.3, 0.4) is 0 Å². The van der Waals surface area contributed by atoms with Gasteiger partial charge in [-0.25, -0.2) is 8.42 Å². The van der Waals surface area contributed by atoms with E-state index in [1.54, 1.807) is 48.8 Å². The Morgan fingerprint density at radius 3 is 2.74 bits per heavy atom. The van der Waals surface area contributed by atoms with Gasteiger partial charge in [-0.15, -0.1) is 0 Å². The number of fused-ring (bicyclic) bond motifs is 3. The van der Waals surface area contributed by atoms with Crippen LogP contribution in [0.4, 0.5) is 0 Å². The lowest BCUT2D eigenvalue weighted by Gasteiger charge is -2.11. The fraction of sp³-hybridized carbons (Fsp3) is 0. The Labute approximate surface area is 138 Å². The molecule has 0 amide bonds. The van der Waals surface area contributed by atoms with Crippen molar-refractivity contribution in [1.82, 2.24) is 9.55 Å². The molecular weight excluding hydrogens is 332 g/mol. The van der Waals surface area contributed by atoms with Crippen LogP contribution in [-0.4, -0.2) is 18.0 Å². The first-order valence-electron chi connectivity index (χ1n) is 6.92. The highest BCUT2D eigenvalue weighted by atomic mass is 35.5. The maximum absolute atomic E-state index is 13.1. The third kappa shape index (κ3) is 2.20. The molecule has 0 saturated carbocycles. The molecule has 0 unspecified atom stereocenters. The van der Waals surface area contributed by atoms with E-state index in [0.29, 0.717) is 16.3 Å². The molecule has 3 heterocycles. The Morgan fingerprint density at radius 1 is 1.09 bits per heavy atom. The maximum Gasteiger partial charge on any atom is 0.209 e. The van der Waals surface area contributed by atoms with Gasteiger partial charge in [0.15, 0.2) is 0 Å². The van der Waals surface area contributed by atoms with E-state index >= 15 is 0 Å². The molecular formula is C17H11ClN2O2S. The second-order valence-electron chi connectivity index (χ2n) is 5.17. The molecule has 1 aliphatic rings. The van der Waals surface area contributed by atoms with E-state index in [-0.39, 0.29) is 9.80 Å². The lowest BCUT2D eigenvalue weighted by atomic mass is 10.2. The van der Waals surface area contributed by atoms with E-state index in [0.717, 1.165) is 5.69 Å². The van der Waals surface area contributed by atoms with Crippen LogP contribution < -0.4 is 0 Å². The maximum atomic E-state index is 13.1. The molecule has 0 saturated heterocycles. The minimum Gasteiger partial charge on any atom is -0.316 e. The highest BCUT2D eigenvalue weighted by Crippen LogP contribution is 2.37. The van der Waals surface area contributed by atoms with Crippen LogP contribution in [-0.2, 0) is 9.84 Å². The first-order valence-corrected chi connectivity index (χ1v) is 8.78. The van der Waals surface area contributed by atoms with Gasteiger partial charge in [-0.2, -0.15) is 0 Å². The number of halogens is 1. The van der Waals surface area contributed by atoms with Crippen LogP contribution in [0.25, 0.3) is 16.7 Å². The molecule has 6 heteroatoms. The van der Waals surface area contributed by atoms with Gasteiger partial charge in [0, 0.05) is 34.9 Å². The monoisotopic (exact) mass is 342 g/mol. The number of hydrogen-bond acceptors (Lipinski definition) is 3. The van der Waals surface area contributed by atoms with Crippen molar-refractivity contribution >= 4 is 32.4 Å². The normalized spacial score (nSPS) is 15.3. The van der Waals surface area contributed by atoms with Gasteiger partial charge in [-0.05, 0) is 42.5 Å². The van der Waals surface area contributed by atoms with Gasteiger partial charge in [0.25, 0.3) is 0 Å². The number of aromatic nitrogens is 2. The summed E-state index contributed by atoms with van der Waals surface area (Å²) >= 11 is 6.07. The molecule has 0 spiro atoms. The summed E-state index contributed by atoms with van der Waals surface area (Å²) in [6.07, 6.45) is 6.66. The highest BCUT2D eigenvalue weighted by molar-refractivity contribution is 8.01. The summed E-state index contributed by atoms with van der Waals surface area (Å²) < 4.78 is 28.1. The molecule has 4 nitrogen and oxygen atoms in total. The first kappa shape index (κ1) is 14.2. The summed E-state index contributed by atoms with van der Waals surface area (Å²) in [5.74, 6) is 0. The molecule has 0 N–H and O–H groups in total. The predicted octanol–water partition coefficient (Wildman–Crippen LogP) is 3.81. The van der Waals surface area contributed by atoms with Gasteiger partial charge < -0.3 is 4.57 Å². The number of pyridine rings is 1. The van der Waals surface area contributed by atoms with Crippen LogP contribution in [0.2, 0.25) is 5.02 Å². The summed E-state index contributed by atoms with van der Waals surface area (Å²) in [4.78, 5) is 4.49. The average Bonchev–Trinajstić information content (AvgIpc) is 2.98. The number of hydrogen-bond donors (Lipinski definition) is 0. The number of rotatable bonds is 1. The quantitative estimate of drug-likeness (QED) is 0.675. The molecule has 2 aromatic heterocycles. The lowest BCUT2D eigenvalue weighted by Crippen LogP contribution is -2.06. The standard InChI is InChI=1S/C17H11ClN2O2S/c18-13-5-6-16-15(9-13)20-8-2-4-14(20)10-17(23(16,21)22)12-3-1-7-19-11-12/h1-11H. The van der Waals surface area contributed by atoms with Crippen molar-refractivity contribution in [1.29, 1.82) is 0 Å². The predicted molar refractivity (Wildman–Crippen MR) is 90.1 cm³/mol. The number of nitrogens with zero attached hydrogens (tertiary/aromatic N) is 2. The zero-order valence-electron chi connectivity index (χ0n) is 11.8. The Morgan fingerprint density at radius 2 is 1.96 bits per heavy atom. The second kappa shape index (κ2) is 5.08. The Kier molecular flexibility index (Phi) is 3.14. The molecule has 1 aliphatic heterocycles. The Bertz CT molecular complexity index is 1040. The minimum absolute atomic E-state index is 0.228. The third-order valence-corrected chi connectivity index (χ3v) is 5.86. The summed E-state index contributed by atoms with van der Waals surface area (Å²) in [6, 6.07) is 12.0. The summed E-state index contributed by atoms with van der Waals surface area (Å²) in [5, 5.41) is 0.489. The van der Waals surface area contributed by atoms with Crippen molar-refractivity contribution < 1.29 is 8.42 Å². The van der Waals surface area contributed by atoms with Gasteiger partial charge in [0.1, 0.15) is 0 Å². The number of sulfone groups is 1. The molecule has 0 radical (unpaired) electrons. The van der Waals surface area contributed by atoms with E-state index in [4.69, 9.17) is 11.6 Å². The van der Waals surface area contributed by atoms with Crippen LogP contribution in [0.15, 0.2) is 66.0 Å². The molecule has 0 aliphatic carbocycles. The molecule has 1 aromatic carbocycles. The Hall–Kier alpha value is -2.37. The molecule has 0 bridgehead atoms. The zero-order valence-corrected chi connectivity index (χ0v) is 13.4. The van der Waals surface area contributed by atoms with E-state index in [1.807, 2.05) is 22.9 Å². The second-order valence-corrected chi connectivity index (χ2v) is 7.49. The SMILES string of the molecule is O=S1(=O)C(c2cccnc2)=Cc2cccn2-c2cc(Cl)ccc21. The van der Waals surface area contributed by atoms with Gasteiger partial charge in [0.2, 0.25) is 9.84 Å². The van der Waals surface area contributed by atoms with Gasteiger partial charge in [-0.3, -0.25) is 4.98 Å². The van der Waals surface area contributed by atoms with Crippen LogP contribution in [0, 0.1) is 0 Å². The van der Waals surface area contributed by atoms with Crippen LogP contribution in [0.5, 0.6) is 0 Å². The summed E-state index contributed by atoms with van der Waals surface area (Å²) in [6.45, 7) is 0. The minimum atomic E-state index is -3.69. The topological polar surface area (TPSA) is 52.0 Å². The number of benzene rings is 1. The highest BCUT2D eigenvalue weighted by Gasteiger charge is 2.29. The summed E-state index contributed by atoms with van der Waals surface area (Å²) in [7, 11) is -3.69. The average molecular weight is 343 g/mol. The zero-order chi connectivity index (χ0) is 16.0. The Balaban J connectivity index is 2.10. The molecule has 3 aromatic rings. The molecule has 23 heavy (non-hydrogen) atoms. The smallest absolute Gasteiger partial charge is 0.209 e.